The number of rotatable bonds is 9. The topological polar surface area (TPSA) is 173 Å². The summed E-state index contributed by atoms with van der Waals surface area (Å²) in [6.45, 7) is 2.70. The van der Waals surface area contributed by atoms with Crippen LogP contribution < -0.4 is 4.74 Å². The van der Waals surface area contributed by atoms with Crippen LogP contribution in [0, 0.1) is 5.92 Å². The van der Waals surface area contributed by atoms with Crippen LogP contribution in [0.1, 0.15) is 42.1 Å². The molecule has 3 aromatic rings. The molecular weight excluding hydrogens is 482 g/mol. The van der Waals surface area contributed by atoms with Crippen LogP contribution in [-0.4, -0.2) is 72.3 Å². The zero-order chi connectivity index (χ0) is 26.9. The van der Waals surface area contributed by atoms with Crippen molar-refractivity contribution in [2.24, 2.45) is 5.92 Å². The number of hydrogen-bond donors (Lipinski definition) is 7. The molecule has 1 saturated heterocycles. The summed E-state index contributed by atoms with van der Waals surface area (Å²) in [5.41, 5.74) is 3.71. The fourth-order valence-electron chi connectivity index (χ4n) is 4.81. The minimum atomic E-state index is -2.50. The van der Waals surface area contributed by atoms with Gasteiger partial charge in [-0.3, -0.25) is 0 Å². The van der Waals surface area contributed by atoms with E-state index in [0.717, 1.165) is 16.7 Å². The van der Waals surface area contributed by atoms with Gasteiger partial charge in [0, 0.05) is 10.9 Å². The number of aromatic amines is 1. The Morgan fingerprint density at radius 3 is 2.46 bits per heavy atom. The van der Waals surface area contributed by atoms with Gasteiger partial charge in [0.1, 0.15) is 12.2 Å². The van der Waals surface area contributed by atoms with E-state index in [0.29, 0.717) is 23.2 Å². The third-order valence-electron chi connectivity index (χ3n) is 6.96. The first-order chi connectivity index (χ1) is 17.6. The minimum absolute atomic E-state index is 0.0393. The Morgan fingerprint density at radius 2 is 1.84 bits per heavy atom. The average molecular weight is 516 g/mol. The summed E-state index contributed by atoms with van der Waals surface area (Å²) in [5, 5.41) is 59.5. The zero-order valence-corrected chi connectivity index (χ0v) is 20.7. The number of benzene rings is 2. The maximum atomic E-state index is 12.9. The second-order valence-electron chi connectivity index (χ2n) is 9.83. The van der Waals surface area contributed by atoms with E-state index in [9.17, 15) is 35.4 Å². The minimum Gasteiger partial charge on any atom is -0.422 e. The Balaban J connectivity index is 1.64. The van der Waals surface area contributed by atoms with Crippen molar-refractivity contribution in [3.05, 3.63) is 64.8 Å². The highest BCUT2D eigenvalue weighted by Gasteiger charge is 2.56. The van der Waals surface area contributed by atoms with Gasteiger partial charge < -0.3 is 45.1 Å². The van der Waals surface area contributed by atoms with E-state index in [4.69, 9.17) is 9.47 Å². The third kappa shape index (κ3) is 5.27. The lowest BCUT2D eigenvalue weighted by Crippen LogP contribution is -2.46. The molecule has 1 aliphatic rings. The van der Waals surface area contributed by atoms with Crippen LogP contribution in [0.5, 0.6) is 5.75 Å². The van der Waals surface area contributed by atoms with Crippen LogP contribution >= 0.6 is 0 Å². The number of carbonyl (C=O) groups excluding carboxylic acids is 1. The second kappa shape index (κ2) is 10.9. The predicted molar refractivity (Wildman–Crippen MR) is 132 cm³/mol. The molecule has 0 saturated carbocycles. The van der Waals surface area contributed by atoms with Crippen LogP contribution in [0.4, 0.5) is 0 Å². The Bertz CT molecular complexity index is 1260. The van der Waals surface area contributed by atoms with Gasteiger partial charge in [-0.25, -0.2) is 4.79 Å². The Morgan fingerprint density at radius 1 is 1.08 bits per heavy atom. The Labute approximate surface area is 213 Å². The normalized spacial score (nSPS) is 24.6. The molecule has 1 aliphatic heterocycles. The molecule has 0 spiro atoms. The highest BCUT2D eigenvalue weighted by atomic mass is 16.7. The number of carbonyl (C=O) groups is 1. The summed E-state index contributed by atoms with van der Waals surface area (Å²) < 4.78 is 10.5. The number of aromatic nitrogens is 1. The maximum absolute atomic E-state index is 12.9. The van der Waals surface area contributed by atoms with Crippen LogP contribution in [0.15, 0.2) is 42.5 Å². The molecule has 2 aromatic carbocycles. The van der Waals surface area contributed by atoms with Crippen molar-refractivity contribution < 1.29 is 44.9 Å². The standard InChI is InChI=1S/C27H33NO9/c1-14(2)18(17-5-3-4-16(8-17)11-29)9-15-6-7-20-19(10-15)23(21(12-30)28-20)36-26(34)24-22(32)25(33)27(35,13-31)37-24/h3-8,10,14,18,22,24-25,28-33,35H,9,11-13H2,1-2H3. The summed E-state index contributed by atoms with van der Waals surface area (Å²) >= 11 is 0. The summed E-state index contributed by atoms with van der Waals surface area (Å²) in [4.78, 5) is 15.9. The smallest absolute Gasteiger partial charge is 0.343 e. The third-order valence-corrected chi connectivity index (χ3v) is 6.96. The van der Waals surface area contributed by atoms with E-state index in [1.54, 1.807) is 0 Å². The monoisotopic (exact) mass is 515 g/mol. The van der Waals surface area contributed by atoms with E-state index in [2.05, 4.69) is 18.8 Å². The van der Waals surface area contributed by atoms with Crippen molar-refractivity contribution in [3.63, 3.8) is 0 Å². The number of esters is 1. The van der Waals surface area contributed by atoms with Crippen molar-refractivity contribution in [2.75, 3.05) is 6.61 Å². The molecule has 10 nitrogen and oxygen atoms in total. The van der Waals surface area contributed by atoms with E-state index in [1.165, 1.54) is 0 Å². The molecule has 0 bridgehead atoms. The summed E-state index contributed by atoms with van der Waals surface area (Å²) in [6, 6.07) is 13.4. The van der Waals surface area contributed by atoms with Crippen molar-refractivity contribution in [3.8, 4) is 5.75 Å². The number of H-pyrrole nitrogens is 1. The van der Waals surface area contributed by atoms with E-state index < -0.39 is 43.3 Å². The molecule has 10 heteroatoms. The van der Waals surface area contributed by atoms with E-state index in [-0.39, 0.29) is 24.0 Å². The van der Waals surface area contributed by atoms with Gasteiger partial charge in [0.15, 0.2) is 11.9 Å². The van der Waals surface area contributed by atoms with Gasteiger partial charge >= 0.3 is 5.97 Å². The second-order valence-corrected chi connectivity index (χ2v) is 9.83. The summed E-state index contributed by atoms with van der Waals surface area (Å²) in [7, 11) is 0. The lowest BCUT2D eigenvalue weighted by atomic mass is 9.83. The molecule has 1 fully saturated rings. The van der Waals surface area contributed by atoms with Gasteiger partial charge in [-0.1, -0.05) is 44.2 Å². The molecule has 0 aliphatic carbocycles. The number of aliphatic hydroxyl groups is 6. The highest BCUT2D eigenvalue weighted by Crippen LogP contribution is 2.36. The van der Waals surface area contributed by atoms with Crippen molar-refractivity contribution in [1.29, 1.82) is 0 Å². The van der Waals surface area contributed by atoms with Gasteiger partial charge in [0.25, 0.3) is 0 Å². The summed E-state index contributed by atoms with van der Waals surface area (Å²) in [6.07, 6.45) is -4.84. The molecular formula is C27H33NO9. The summed E-state index contributed by atoms with van der Waals surface area (Å²) in [5.74, 6) is -3.13. The Kier molecular flexibility index (Phi) is 8.00. The van der Waals surface area contributed by atoms with Gasteiger partial charge in [-0.05, 0) is 47.1 Å². The number of hydrogen-bond acceptors (Lipinski definition) is 9. The largest absolute Gasteiger partial charge is 0.422 e. The molecule has 4 rings (SSSR count). The SMILES string of the molecule is CC(C)C(Cc1ccc2[nH]c(CO)c(OC(=O)C3OC(O)(CO)C(O)C3O)c2c1)c1cccc(CO)c1. The number of aliphatic hydroxyl groups excluding tert-OH is 5. The maximum Gasteiger partial charge on any atom is 0.343 e. The van der Waals surface area contributed by atoms with Gasteiger partial charge in [-0.2, -0.15) is 0 Å². The van der Waals surface area contributed by atoms with Gasteiger partial charge in [0.05, 0.1) is 25.5 Å². The van der Waals surface area contributed by atoms with Gasteiger partial charge in [-0.15, -0.1) is 0 Å². The van der Waals surface area contributed by atoms with Crippen LogP contribution in [-0.2, 0) is 29.2 Å². The van der Waals surface area contributed by atoms with Crippen LogP contribution in [0.3, 0.4) is 0 Å². The highest BCUT2D eigenvalue weighted by molar-refractivity contribution is 5.91. The fraction of sp³-hybridized carbons (Fsp3) is 0.444. The molecule has 7 N–H and O–H groups in total. The molecule has 5 atom stereocenters. The molecule has 2 heterocycles. The number of fused-ring (bicyclic) bond motifs is 1. The first-order valence-corrected chi connectivity index (χ1v) is 12.1. The van der Waals surface area contributed by atoms with Crippen molar-refractivity contribution in [1.82, 2.24) is 4.98 Å². The van der Waals surface area contributed by atoms with Crippen molar-refractivity contribution in [2.45, 2.75) is 63.5 Å². The average Bonchev–Trinajstić information content (AvgIpc) is 3.36. The Hall–Kier alpha value is -2.83. The fourth-order valence-corrected chi connectivity index (χ4v) is 4.81. The quantitative estimate of drug-likeness (QED) is 0.204. The lowest BCUT2D eigenvalue weighted by molar-refractivity contribution is -0.246. The molecule has 0 radical (unpaired) electrons. The van der Waals surface area contributed by atoms with Crippen molar-refractivity contribution >= 4 is 16.9 Å². The first kappa shape index (κ1) is 27.2. The molecule has 5 unspecified atom stereocenters. The zero-order valence-electron chi connectivity index (χ0n) is 20.7. The van der Waals surface area contributed by atoms with Gasteiger partial charge in [0.2, 0.25) is 5.79 Å². The molecule has 1 aromatic heterocycles. The first-order valence-electron chi connectivity index (χ1n) is 12.1. The molecule has 37 heavy (non-hydrogen) atoms. The number of nitrogens with one attached hydrogen (secondary N) is 1. The predicted octanol–water partition coefficient (Wildman–Crippen LogP) is 0.842. The van der Waals surface area contributed by atoms with Crippen LogP contribution in [0.25, 0.3) is 10.9 Å². The number of ether oxygens (including phenoxy) is 2. The van der Waals surface area contributed by atoms with E-state index in [1.807, 2.05) is 42.5 Å². The van der Waals surface area contributed by atoms with Crippen LogP contribution in [0.2, 0.25) is 0 Å². The lowest BCUT2D eigenvalue weighted by Gasteiger charge is -2.22. The van der Waals surface area contributed by atoms with E-state index >= 15 is 0 Å². The molecule has 200 valence electrons. The molecule has 0 amide bonds.